The molecule has 0 aromatic carbocycles. The minimum Gasteiger partial charge on any atom is -0.343 e. The van der Waals surface area contributed by atoms with Crippen LogP contribution in [0.1, 0.15) is 18.9 Å². The van der Waals surface area contributed by atoms with Crippen molar-refractivity contribution in [2.24, 2.45) is 0 Å². The van der Waals surface area contributed by atoms with E-state index in [9.17, 15) is 14.4 Å². The fraction of sp³-hybridized carbons (Fsp3) is 0.286. The van der Waals surface area contributed by atoms with Crippen LogP contribution < -0.4 is 10.6 Å². The van der Waals surface area contributed by atoms with E-state index in [1.807, 2.05) is 0 Å². The normalized spacial score (nSPS) is 15.3. The number of nitrogens with zero attached hydrogens (tertiary/aromatic N) is 4. The molecule has 1 unspecified atom stereocenters. The van der Waals surface area contributed by atoms with Crippen molar-refractivity contribution < 1.29 is 18.9 Å². The average Bonchev–Trinajstić information content (AvgIpc) is 3.18. The third-order valence-electron chi connectivity index (χ3n) is 3.35. The minimum atomic E-state index is -0.584. The van der Waals surface area contributed by atoms with Crippen molar-refractivity contribution in [2.75, 3.05) is 13.1 Å². The van der Waals surface area contributed by atoms with Crippen molar-refractivity contribution in [3.63, 3.8) is 0 Å². The lowest BCUT2D eigenvalue weighted by Crippen LogP contribution is -2.41. The maximum absolute atomic E-state index is 12.0. The van der Waals surface area contributed by atoms with Gasteiger partial charge < -0.3 is 15.2 Å². The predicted molar refractivity (Wildman–Crippen MR) is 79.2 cm³/mol. The van der Waals surface area contributed by atoms with Gasteiger partial charge in [-0.25, -0.2) is 4.79 Å². The molecule has 0 saturated carbocycles. The Morgan fingerprint density at radius 1 is 1.50 bits per heavy atom. The van der Waals surface area contributed by atoms with E-state index in [0.29, 0.717) is 11.4 Å². The Bertz CT molecular complexity index is 759. The third kappa shape index (κ3) is 3.21. The first-order valence-corrected chi connectivity index (χ1v) is 7.16. The molecular weight excluding hydrogens is 316 g/mol. The van der Waals surface area contributed by atoms with Gasteiger partial charge in [-0.3, -0.25) is 19.5 Å². The minimum absolute atomic E-state index is 0.0974. The number of rotatable bonds is 5. The van der Waals surface area contributed by atoms with E-state index < -0.39 is 23.9 Å². The largest absolute Gasteiger partial charge is 0.343 e. The molecule has 124 valence electrons. The van der Waals surface area contributed by atoms with Crippen LogP contribution in [0, 0.1) is 0 Å². The highest BCUT2D eigenvalue weighted by Gasteiger charge is 2.30. The molecule has 1 aliphatic rings. The molecule has 4 amide bonds. The van der Waals surface area contributed by atoms with Gasteiger partial charge in [0.15, 0.2) is 0 Å². The second-order valence-electron chi connectivity index (χ2n) is 5.13. The highest BCUT2D eigenvalue weighted by molar-refractivity contribution is 6.04. The SMILES string of the molecule is CC(NC(=O)CN1C(=O)CNC1=O)c1nc(-c2cccnc2)no1. The van der Waals surface area contributed by atoms with Gasteiger partial charge in [0.25, 0.3) is 5.91 Å². The Morgan fingerprint density at radius 2 is 2.33 bits per heavy atom. The zero-order valence-corrected chi connectivity index (χ0v) is 12.7. The highest BCUT2D eigenvalue weighted by atomic mass is 16.5. The zero-order chi connectivity index (χ0) is 17.1. The maximum Gasteiger partial charge on any atom is 0.325 e. The van der Waals surface area contributed by atoms with Gasteiger partial charge in [0.1, 0.15) is 12.6 Å². The number of amides is 4. The number of nitrogens with one attached hydrogen (secondary N) is 2. The van der Waals surface area contributed by atoms with Gasteiger partial charge in [-0.05, 0) is 19.1 Å². The zero-order valence-electron chi connectivity index (χ0n) is 12.7. The van der Waals surface area contributed by atoms with Crippen LogP contribution in [0.4, 0.5) is 4.79 Å². The molecule has 1 fully saturated rings. The summed E-state index contributed by atoms with van der Waals surface area (Å²) in [7, 11) is 0. The van der Waals surface area contributed by atoms with Gasteiger partial charge in [-0.15, -0.1) is 0 Å². The van der Waals surface area contributed by atoms with Crippen LogP contribution in [0.5, 0.6) is 0 Å². The van der Waals surface area contributed by atoms with Crippen LogP contribution in [0.15, 0.2) is 29.0 Å². The maximum atomic E-state index is 12.0. The summed E-state index contributed by atoms with van der Waals surface area (Å²) in [6, 6.07) is 2.37. The molecule has 10 heteroatoms. The Morgan fingerprint density at radius 3 is 3.00 bits per heavy atom. The van der Waals surface area contributed by atoms with E-state index in [0.717, 1.165) is 4.90 Å². The van der Waals surface area contributed by atoms with Crippen LogP contribution in [0.25, 0.3) is 11.4 Å². The highest BCUT2D eigenvalue weighted by Crippen LogP contribution is 2.17. The summed E-state index contributed by atoms with van der Waals surface area (Å²) in [6.45, 7) is 1.20. The van der Waals surface area contributed by atoms with Crippen LogP contribution in [0.3, 0.4) is 0 Å². The average molecular weight is 330 g/mol. The number of carbonyl (C=O) groups excluding carboxylic acids is 3. The summed E-state index contributed by atoms with van der Waals surface area (Å²) in [5, 5.41) is 8.78. The molecule has 1 atom stereocenters. The van der Waals surface area contributed by atoms with E-state index in [1.54, 1.807) is 31.5 Å². The van der Waals surface area contributed by atoms with Gasteiger partial charge in [0, 0.05) is 18.0 Å². The number of carbonyl (C=O) groups is 3. The molecule has 2 aromatic rings. The number of imide groups is 1. The summed E-state index contributed by atoms with van der Waals surface area (Å²) in [5.74, 6) is -0.388. The molecule has 10 nitrogen and oxygen atoms in total. The van der Waals surface area contributed by atoms with Crippen molar-refractivity contribution in [3.05, 3.63) is 30.4 Å². The van der Waals surface area contributed by atoms with Crippen LogP contribution >= 0.6 is 0 Å². The van der Waals surface area contributed by atoms with Gasteiger partial charge in [-0.2, -0.15) is 4.98 Å². The van der Waals surface area contributed by atoms with Crippen LogP contribution in [-0.2, 0) is 9.59 Å². The molecule has 1 aliphatic heterocycles. The Balaban J connectivity index is 1.62. The lowest BCUT2D eigenvalue weighted by atomic mass is 10.3. The molecule has 0 spiro atoms. The van der Waals surface area contributed by atoms with Crippen LogP contribution in [0.2, 0.25) is 0 Å². The van der Waals surface area contributed by atoms with E-state index >= 15 is 0 Å². The van der Waals surface area contributed by atoms with Gasteiger partial charge in [-0.1, -0.05) is 5.16 Å². The Hall–Kier alpha value is -3.30. The van der Waals surface area contributed by atoms with Gasteiger partial charge >= 0.3 is 6.03 Å². The van der Waals surface area contributed by atoms with E-state index in [2.05, 4.69) is 25.8 Å². The van der Waals surface area contributed by atoms with Crippen molar-refractivity contribution in [1.29, 1.82) is 0 Å². The standard InChI is InChI=1S/C14H14N6O4/c1-8(17-10(21)7-20-11(22)6-16-14(20)23)13-18-12(19-24-13)9-3-2-4-15-5-9/h2-5,8H,6-7H2,1H3,(H,16,23)(H,17,21). The van der Waals surface area contributed by atoms with Gasteiger partial charge in [0.05, 0.1) is 6.54 Å². The first-order chi connectivity index (χ1) is 11.5. The number of hydrogen-bond acceptors (Lipinski definition) is 7. The van der Waals surface area contributed by atoms with Crippen LogP contribution in [-0.4, -0.2) is 51.0 Å². The fourth-order valence-corrected chi connectivity index (χ4v) is 2.13. The molecule has 3 heterocycles. The number of pyridine rings is 1. The fourth-order valence-electron chi connectivity index (χ4n) is 2.13. The molecular formula is C14H14N6O4. The second kappa shape index (κ2) is 6.44. The second-order valence-corrected chi connectivity index (χ2v) is 5.13. The number of aromatic nitrogens is 3. The number of urea groups is 1. The molecule has 2 N–H and O–H groups in total. The molecule has 0 aliphatic carbocycles. The number of hydrogen-bond donors (Lipinski definition) is 2. The van der Waals surface area contributed by atoms with Crippen molar-refractivity contribution in [1.82, 2.24) is 30.7 Å². The first kappa shape index (κ1) is 15.6. The lowest BCUT2D eigenvalue weighted by Gasteiger charge is -2.14. The first-order valence-electron chi connectivity index (χ1n) is 7.16. The summed E-state index contributed by atoms with van der Waals surface area (Å²) in [4.78, 5) is 43.8. The van der Waals surface area contributed by atoms with Crippen molar-refractivity contribution >= 4 is 17.8 Å². The smallest absolute Gasteiger partial charge is 0.325 e. The monoisotopic (exact) mass is 330 g/mol. The molecule has 3 rings (SSSR count). The summed E-state index contributed by atoms with van der Waals surface area (Å²) < 4.78 is 5.13. The Labute approximate surface area is 136 Å². The van der Waals surface area contributed by atoms with Gasteiger partial charge in [0.2, 0.25) is 17.6 Å². The van der Waals surface area contributed by atoms with E-state index in [1.165, 1.54) is 0 Å². The molecule has 24 heavy (non-hydrogen) atoms. The molecule has 0 radical (unpaired) electrons. The van der Waals surface area contributed by atoms with Crippen molar-refractivity contribution in [2.45, 2.75) is 13.0 Å². The summed E-state index contributed by atoms with van der Waals surface area (Å²) in [5.41, 5.74) is 0.686. The lowest BCUT2D eigenvalue weighted by molar-refractivity contribution is -0.131. The van der Waals surface area contributed by atoms with E-state index in [4.69, 9.17) is 4.52 Å². The quantitative estimate of drug-likeness (QED) is 0.730. The Kier molecular flexibility index (Phi) is 4.18. The van der Waals surface area contributed by atoms with Crippen molar-refractivity contribution in [3.8, 4) is 11.4 Å². The summed E-state index contributed by atoms with van der Waals surface area (Å²) in [6.07, 6.45) is 3.22. The van der Waals surface area contributed by atoms with E-state index in [-0.39, 0.29) is 19.0 Å². The molecule has 1 saturated heterocycles. The predicted octanol–water partition coefficient (Wildman–Crippen LogP) is -0.139. The molecule has 2 aromatic heterocycles. The third-order valence-corrected chi connectivity index (χ3v) is 3.35. The summed E-state index contributed by atoms with van der Waals surface area (Å²) >= 11 is 0. The topological polar surface area (TPSA) is 130 Å². The molecule has 0 bridgehead atoms.